The number of hydrogen-bond donors (Lipinski definition) is 3. The van der Waals surface area contributed by atoms with Crippen molar-refractivity contribution in [1.82, 2.24) is 10.3 Å². The number of nitrogens with one attached hydrogen (secondary N) is 2. The second-order valence-electron chi connectivity index (χ2n) is 8.01. The molecule has 0 fully saturated rings. The van der Waals surface area contributed by atoms with E-state index in [9.17, 15) is 22.8 Å². The maximum Gasteiger partial charge on any atom is 0.416 e. The average molecular weight is 486 g/mol. The van der Waals surface area contributed by atoms with E-state index >= 15 is 0 Å². The van der Waals surface area contributed by atoms with E-state index in [1.165, 1.54) is 18.3 Å². The average Bonchev–Trinajstić information content (AvgIpc) is 2.83. The Kier molecular flexibility index (Phi) is 8.46. The van der Waals surface area contributed by atoms with Gasteiger partial charge < -0.3 is 15.7 Å². The molecule has 3 rings (SSSR count). The number of rotatable bonds is 10. The fourth-order valence-electron chi connectivity index (χ4n) is 3.55. The predicted molar refractivity (Wildman–Crippen MR) is 127 cm³/mol. The number of carbonyl (C=O) groups is 2. The van der Waals surface area contributed by atoms with E-state index in [0.29, 0.717) is 16.9 Å². The van der Waals surface area contributed by atoms with Gasteiger partial charge in [-0.2, -0.15) is 13.2 Å². The minimum atomic E-state index is -4.36. The summed E-state index contributed by atoms with van der Waals surface area (Å²) >= 11 is 0. The molecule has 0 saturated carbocycles. The number of amides is 1. The number of benzene rings is 2. The van der Waals surface area contributed by atoms with Crippen molar-refractivity contribution in [3.05, 3.63) is 83.6 Å². The number of halogens is 3. The summed E-state index contributed by atoms with van der Waals surface area (Å²) in [5.41, 5.74) is 2.16. The highest BCUT2D eigenvalue weighted by Crippen LogP contribution is 2.32. The Bertz CT molecular complexity index is 1130. The molecule has 0 bridgehead atoms. The second-order valence-corrected chi connectivity index (χ2v) is 8.01. The Hall–Kier alpha value is -3.88. The third-order valence-corrected chi connectivity index (χ3v) is 5.41. The molecule has 3 aromatic rings. The van der Waals surface area contributed by atoms with Crippen LogP contribution in [0.4, 0.5) is 19.0 Å². The van der Waals surface area contributed by atoms with Crippen LogP contribution in [0.25, 0.3) is 11.1 Å². The molecule has 1 amide bonds. The molecule has 0 aliphatic rings. The maximum atomic E-state index is 12.8. The third-order valence-electron chi connectivity index (χ3n) is 5.41. The molecule has 0 spiro atoms. The number of aliphatic carboxylic acids is 1. The van der Waals surface area contributed by atoms with Crippen LogP contribution in [0, 0.1) is 0 Å². The van der Waals surface area contributed by atoms with Crippen LogP contribution in [0.5, 0.6) is 0 Å². The van der Waals surface area contributed by atoms with E-state index in [1.807, 2.05) is 24.3 Å². The number of nitrogens with zero attached hydrogens (tertiary/aromatic N) is 1. The van der Waals surface area contributed by atoms with Crippen molar-refractivity contribution in [2.24, 2.45) is 0 Å². The van der Waals surface area contributed by atoms with Gasteiger partial charge in [-0.05, 0) is 47.4 Å². The maximum absolute atomic E-state index is 12.8. The number of anilines is 1. The van der Waals surface area contributed by atoms with Crippen molar-refractivity contribution in [2.75, 3.05) is 11.9 Å². The Balaban J connectivity index is 1.67. The summed E-state index contributed by atoms with van der Waals surface area (Å²) in [5, 5.41) is 14.5. The molecule has 1 atom stereocenters. The highest BCUT2D eigenvalue weighted by molar-refractivity contribution is 5.94. The number of hydrogen-bond acceptors (Lipinski definition) is 4. The van der Waals surface area contributed by atoms with Crippen LogP contribution in [-0.4, -0.2) is 28.5 Å². The van der Waals surface area contributed by atoms with E-state index in [2.05, 4.69) is 22.5 Å². The van der Waals surface area contributed by atoms with Crippen LogP contribution in [0.2, 0.25) is 0 Å². The fraction of sp³-hybridized carbons (Fsp3) is 0.269. The first kappa shape index (κ1) is 25.7. The first-order valence-corrected chi connectivity index (χ1v) is 11.2. The lowest BCUT2D eigenvalue weighted by atomic mass is 9.98. The van der Waals surface area contributed by atoms with Gasteiger partial charge in [0.15, 0.2) is 0 Å². The minimum Gasteiger partial charge on any atom is -0.481 e. The van der Waals surface area contributed by atoms with E-state index in [1.54, 1.807) is 12.1 Å². The smallest absolute Gasteiger partial charge is 0.416 e. The van der Waals surface area contributed by atoms with Gasteiger partial charge in [-0.25, -0.2) is 4.98 Å². The molecule has 9 heteroatoms. The zero-order chi connectivity index (χ0) is 25.4. The fourth-order valence-corrected chi connectivity index (χ4v) is 3.55. The molecule has 6 nitrogen and oxygen atoms in total. The van der Waals surface area contributed by atoms with Crippen molar-refractivity contribution < 1.29 is 27.9 Å². The topological polar surface area (TPSA) is 91.3 Å². The zero-order valence-corrected chi connectivity index (χ0v) is 19.1. The lowest BCUT2D eigenvalue weighted by Gasteiger charge is -2.20. The van der Waals surface area contributed by atoms with Gasteiger partial charge in [0.2, 0.25) is 0 Å². The number of carboxylic acid groups (broad SMARTS) is 1. The van der Waals surface area contributed by atoms with Crippen LogP contribution in [0.1, 0.15) is 53.7 Å². The number of pyridine rings is 1. The van der Waals surface area contributed by atoms with Crippen LogP contribution in [0.15, 0.2) is 66.9 Å². The molecule has 1 heterocycles. The van der Waals surface area contributed by atoms with Gasteiger partial charge in [0.05, 0.1) is 23.6 Å². The third kappa shape index (κ3) is 7.30. The summed E-state index contributed by atoms with van der Waals surface area (Å²) in [6.45, 7) is 2.10. The highest BCUT2D eigenvalue weighted by Gasteiger charge is 2.30. The quantitative estimate of drug-likeness (QED) is 0.331. The SMILES string of the molecule is CCCC(Nc1ccc(C(=O)NCCC(=O)O)cn1)c1ccc(-c2ccc(C(F)(F)F)cc2)cc1. The Morgan fingerprint density at radius 1 is 0.971 bits per heavy atom. The minimum absolute atomic E-state index is 0.0369. The molecular weight excluding hydrogens is 459 g/mol. The normalized spacial score (nSPS) is 12.1. The molecular formula is C26H26F3N3O3. The lowest BCUT2D eigenvalue weighted by molar-refractivity contribution is -0.138. The van der Waals surface area contributed by atoms with Gasteiger partial charge in [0, 0.05) is 12.7 Å². The summed E-state index contributed by atoms with van der Waals surface area (Å²) < 4.78 is 38.4. The van der Waals surface area contributed by atoms with Gasteiger partial charge in [0.25, 0.3) is 5.91 Å². The number of carboxylic acids is 1. The van der Waals surface area contributed by atoms with Crippen LogP contribution < -0.4 is 10.6 Å². The standard InChI is InChI=1S/C26H26F3N3O3/c1-2-3-22(32-23-13-10-20(16-31-23)25(35)30-15-14-24(33)34)19-6-4-17(5-7-19)18-8-11-21(12-9-18)26(27,28)29/h4-13,16,22H,2-3,14-15H2,1H3,(H,30,35)(H,31,32)(H,33,34). The molecule has 1 aromatic heterocycles. The molecule has 1 unspecified atom stereocenters. The highest BCUT2D eigenvalue weighted by atomic mass is 19.4. The summed E-state index contributed by atoms with van der Waals surface area (Å²) in [5.74, 6) is -0.802. The van der Waals surface area contributed by atoms with E-state index in [4.69, 9.17) is 5.11 Å². The number of alkyl halides is 3. The Morgan fingerprint density at radius 2 is 1.60 bits per heavy atom. The molecule has 184 valence electrons. The molecule has 0 radical (unpaired) electrons. The first-order valence-electron chi connectivity index (χ1n) is 11.2. The summed E-state index contributed by atoms with van der Waals surface area (Å²) in [6, 6.07) is 15.9. The van der Waals surface area contributed by atoms with Gasteiger partial charge in [-0.3, -0.25) is 9.59 Å². The molecule has 3 N–H and O–H groups in total. The second kappa shape index (κ2) is 11.5. The predicted octanol–water partition coefficient (Wildman–Crippen LogP) is 5.93. The van der Waals surface area contributed by atoms with E-state index in [0.717, 1.165) is 36.1 Å². The summed E-state index contributed by atoms with van der Waals surface area (Å²) in [6.07, 6.45) is -1.37. The zero-order valence-electron chi connectivity index (χ0n) is 19.1. The lowest BCUT2D eigenvalue weighted by Crippen LogP contribution is -2.26. The Morgan fingerprint density at radius 3 is 2.11 bits per heavy atom. The van der Waals surface area contributed by atoms with E-state index < -0.39 is 23.6 Å². The number of aromatic nitrogens is 1. The van der Waals surface area contributed by atoms with Crippen molar-refractivity contribution in [3.8, 4) is 11.1 Å². The molecule has 0 aliphatic carbocycles. The number of carbonyl (C=O) groups excluding carboxylic acids is 1. The van der Waals surface area contributed by atoms with Gasteiger partial charge >= 0.3 is 12.1 Å². The van der Waals surface area contributed by atoms with Crippen molar-refractivity contribution >= 4 is 17.7 Å². The van der Waals surface area contributed by atoms with E-state index in [-0.39, 0.29) is 19.0 Å². The molecule has 0 saturated heterocycles. The Labute approximate surface area is 201 Å². The largest absolute Gasteiger partial charge is 0.481 e. The monoisotopic (exact) mass is 485 g/mol. The molecule has 2 aromatic carbocycles. The first-order chi connectivity index (χ1) is 16.7. The van der Waals surface area contributed by atoms with Gasteiger partial charge in [-0.1, -0.05) is 49.7 Å². The van der Waals surface area contributed by atoms with Gasteiger partial charge in [-0.15, -0.1) is 0 Å². The molecule has 35 heavy (non-hydrogen) atoms. The van der Waals surface area contributed by atoms with Crippen molar-refractivity contribution in [3.63, 3.8) is 0 Å². The molecule has 0 aliphatic heterocycles. The van der Waals surface area contributed by atoms with Gasteiger partial charge in [0.1, 0.15) is 5.82 Å². The van der Waals surface area contributed by atoms with Crippen LogP contribution >= 0.6 is 0 Å². The van der Waals surface area contributed by atoms with Crippen LogP contribution in [0.3, 0.4) is 0 Å². The van der Waals surface area contributed by atoms with Crippen molar-refractivity contribution in [1.29, 1.82) is 0 Å². The summed E-state index contributed by atoms with van der Waals surface area (Å²) in [4.78, 5) is 26.9. The summed E-state index contributed by atoms with van der Waals surface area (Å²) in [7, 11) is 0. The van der Waals surface area contributed by atoms with Crippen molar-refractivity contribution in [2.45, 2.75) is 38.4 Å². The van der Waals surface area contributed by atoms with Crippen LogP contribution in [-0.2, 0) is 11.0 Å².